The zero-order valence-corrected chi connectivity index (χ0v) is 10.5. The molecule has 2 rings (SSSR count). The lowest BCUT2D eigenvalue weighted by Gasteiger charge is -2.01. The van der Waals surface area contributed by atoms with E-state index in [-0.39, 0.29) is 5.91 Å². The van der Waals surface area contributed by atoms with Gasteiger partial charge in [-0.2, -0.15) is 9.36 Å². The van der Waals surface area contributed by atoms with Crippen LogP contribution in [0.2, 0.25) is 0 Å². The Morgan fingerprint density at radius 1 is 1.22 bits per heavy atom. The van der Waals surface area contributed by atoms with Gasteiger partial charge in [0.05, 0.1) is 5.69 Å². The number of rotatable bonds is 2. The maximum atomic E-state index is 12.1. The van der Waals surface area contributed by atoms with Crippen LogP contribution in [-0.2, 0) is 4.79 Å². The minimum absolute atomic E-state index is 0.316. The van der Waals surface area contributed by atoms with Crippen LogP contribution in [0.15, 0.2) is 29.1 Å². The molecule has 0 spiro atoms. The predicted molar refractivity (Wildman–Crippen MR) is 67.3 cm³/mol. The Hall–Kier alpha value is -2.37. The Bertz CT molecular complexity index is 637. The van der Waals surface area contributed by atoms with E-state index >= 15 is 0 Å². The zero-order chi connectivity index (χ0) is 13.3. The van der Waals surface area contributed by atoms with E-state index in [1.54, 1.807) is 19.1 Å². The molecule has 0 saturated carbocycles. The number of hydrogen-bond donors (Lipinski definition) is 1. The van der Waals surface area contributed by atoms with E-state index in [9.17, 15) is 9.59 Å². The van der Waals surface area contributed by atoms with Gasteiger partial charge in [-0.25, -0.2) is 4.79 Å². The average molecular weight is 246 g/mol. The molecule has 18 heavy (non-hydrogen) atoms. The molecule has 1 aromatic carbocycles. The Kier molecular flexibility index (Phi) is 3.01. The SMILES string of the molecule is CC(=O)Nn1c(C)nn(-c2ccc(C)cc2)c1=O. The smallest absolute Gasteiger partial charge is 0.274 e. The number of carbonyl (C=O) groups is 1. The minimum atomic E-state index is -0.397. The second-order valence-electron chi connectivity index (χ2n) is 4.08. The number of aryl methyl sites for hydroxylation is 2. The van der Waals surface area contributed by atoms with Gasteiger partial charge in [0.25, 0.3) is 0 Å². The molecule has 0 atom stereocenters. The molecule has 0 aliphatic rings. The quantitative estimate of drug-likeness (QED) is 0.849. The summed E-state index contributed by atoms with van der Waals surface area (Å²) in [7, 11) is 0. The first kappa shape index (κ1) is 12.1. The summed E-state index contributed by atoms with van der Waals surface area (Å²) >= 11 is 0. The first-order chi connectivity index (χ1) is 8.49. The number of benzene rings is 1. The molecule has 1 N–H and O–H groups in total. The second-order valence-corrected chi connectivity index (χ2v) is 4.08. The highest BCUT2D eigenvalue weighted by atomic mass is 16.2. The summed E-state index contributed by atoms with van der Waals surface area (Å²) in [5, 5.41) is 4.12. The van der Waals surface area contributed by atoms with Crippen molar-refractivity contribution >= 4 is 5.91 Å². The van der Waals surface area contributed by atoms with Crippen molar-refractivity contribution in [3.05, 3.63) is 46.1 Å². The average Bonchev–Trinajstić information content (AvgIpc) is 2.58. The molecule has 94 valence electrons. The lowest BCUT2D eigenvalue weighted by atomic mass is 10.2. The number of aromatic nitrogens is 3. The van der Waals surface area contributed by atoms with Crippen LogP contribution in [0, 0.1) is 13.8 Å². The van der Waals surface area contributed by atoms with Crippen molar-refractivity contribution in [2.24, 2.45) is 0 Å². The molecule has 0 radical (unpaired) electrons. The molecule has 1 amide bonds. The molecular weight excluding hydrogens is 232 g/mol. The third-order valence-electron chi connectivity index (χ3n) is 2.49. The fourth-order valence-electron chi connectivity index (χ4n) is 1.61. The Balaban J connectivity index is 2.50. The molecule has 0 unspecified atom stereocenters. The van der Waals surface area contributed by atoms with Gasteiger partial charge in [-0.3, -0.25) is 10.2 Å². The standard InChI is InChI=1S/C12H14N4O2/c1-8-4-6-11(7-5-8)16-12(18)15(9(2)13-16)14-10(3)17/h4-7H,1-3H3,(H,14,17). The number of hydrogen-bond acceptors (Lipinski definition) is 3. The van der Waals surface area contributed by atoms with Gasteiger partial charge in [-0.05, 0) is 26.0 Å². The summed E-state index contributed by atoms with van der Waals surface area (Å²) in [5.74, 6) is 0.111. The highest BCUT2D eigenvalue weighted by Crippen LogP contribution is 2.06. The van der Waals surface area contributed by atoms with Gasteiger partial charge in [0.2, 0.25) is 5.91 Å². The summed E-state index contributed by atoms with van der Waals surface area (Å²) in [6.07, 6.45) is 0. The lowest BCUT2D eigenvalue weighted by molar-refractivity contribution is -0.115. The Labute approximate surface area is 104 Å². The maximum absolute atomic E-state index is 12.1. The fourth-order valence-corrected chi connectivity index (χ4v) is 1.61. The summed E-state index contributed by atoms with van der Waals surface area (Å²) in [5.41, 5.74) is 3.79. The number of carbonyl (C=O) groups excluding carboxylic acids is 1. The van der Waals surface area contributed by atoms with E-state index in [0.717, 1.165) is 10.2 Å². The number of nitrogens with one attached hydrogen (secondary N) is 1. The van der Waals surface area contributed by atoms with Crippen molar-refractivity contribution in [1.29, 1.82) is 0 Å². The number of amides is 1. The normalized spacial score (nSPS) is 10.4. The van der Waals surface area contributed by atoms with E-state index in [0.29, 0.717) is 11.5 Å². The summed E-state index contributed by atoms with van der Waals surface area (Å²) in [6.45, 7) is 4.96. The summed E-state index contributed by atoms with van der Waals surface area (Å²) < 4.78 is 2.38. The number of nitrogens with zero attached hydrogens (tertiary/aromatic N) is 3. The van der Waals surface area contributed by atoms with Crippen LogP contribution >= 0.6 is 0 Å². The van der Waals surface area contributed by atoms with Gasteiger partial charge < -0.3 is 0 Å². The van der Waals surface area contributed by atoms with Crippen LogP contribution in [0.1, 0.15) is 18.3 Å². The van der Waals surface area contributed by atoms with Crippen LogP contribution in [0.5, 0.6) is 0 Å². The van der Waals surface area contributed by atoms with Gasteiger partial charge >= 0.3 is 5.69 Å². The molecule has 6 heteroatoms. The lowest BCUT2D eigenvalue weighted by Crippen LogP contribution is -2.33. The van der Waals surface area contributed by atoms with Crippen molar-refractivity contribution in [2.45, 2.75) is 20.8 Å². The first-order valence-corrected chi connectivity index (χ1v) is 5.52. The predicted octanol–water partition coefficient (Wildman–Crippen LogP) is 0.741. The van der Waals surface area contributed by atoms with E-state index in [1.807, 2.05) is 19.1 Å². The van der Waals surface area contributed by atoms with Gasteiger partial charge in [-0.15, -0.1) is 5.10 Å². The Morgan fingerprint density at radius 2 is 1.83 bits per heavy atom. The topological polar surface area (TPSA) is 68.9 Å². The highest BCUT2D eigenvalue weighted by molar-refractivity contribution is 5.80. The molecular formula is C12H14N4O2. The molecule has 0 aliphatic carbocycles. The monoisotopic (exact) mass is 246 g/mol. The molecule has 1 aromatic heterocycles. The van der Waals surface area contributed by atoms with Gasteiger partial charge in [0, 0.05) is 6.92 Å². The first-order valence-electron chi connectivity index (χ1n) is 5.52. The van der Waals surface area contributed by atoms with Crippen molar-refractivity contribution in [2.75, 3.05) is 5.43 Å². The van der Waals surface area contributed by atoms with E-state index in [2.05, 4.69) is 10.5 Å². The third-order valence-corrected chi connectivity index (χ3v) is 2.49. The molecule has 6 nitrogen and oxygen atoms in total. The van der Waals surface area contributed by atoms with Crippen molar-refractivity contribution in [3.63, 3.8) is 0 Å². The Morgan fingerprint density at radius 3 is 2.39 bits per heavy atom. The van der Waals surface area contributed by atoms with Crippen molar-refractivity contribution in [1.82, 2.24) is 14.5 Å². The highest BCUT2D eigenvalue weighted by Gasteiger charge is 2.11. The van der Waals surface area contributed by atoms with Gasteiger partial charge in [-0.1, -0.05) is 17.7 Å². The third kappa shape index (κ3) is 2.17. The van der Waals surface area contributed by atoms with E-state index < -0.39 is 5.69 Å². The van der Waals surface area contributed by atoms with Gasteiger partial charge in [0.15, 0.2) is 5.82 Å². The van der Waals surface area contributed by atoms with Crippen LogP contribution < -0.4 is 11.1 Å². The molecule has 2 aromatic rings. The van der Waals surface area contributed by atoms with Crippen LogP contribution in [0.4, 0.5) is 0 Å². The summed E-state index contributed by atoms with van der Waals surface area (Å²) in [4.78, 5) is 23.1. The van der Waals surface area contributed by atoms with E-state index in [4.69, 9.17) is 0 Å². The van der Waals surface area contributed by atoms with Crippen LogP contribution in [-0.4, -0.2) is 20.4 Å². The summed E-state index contributed by atoms with van der Waals surface area (Å²) in [6, 6.07) is 7.41. The van der Waals surface area contributed by atoms with E-state index in [1.165, 1.54) is 11.6 Å². The zero-order valence-electron chi connectivity index (χ0n) is 10.5. The van der Waals surface area contributed by atoms with Gasteiger partial charge in [0.1, 0.15) is 0 Å². The van der Waals surface area contributed by atoms with Crippen LogP contribution in [0.3, 0.4) is 0 Å². The largest absolute Gasteiger partial charge is 0.369 e. The molecule has 0 saturated heterocycles. The molecule has 0 fully saturated rings. The molecule has 0 bridgehead atoms. The maximum Gasteiger partial charge on any atom is 0.369 e. The molecule has 1 heterocycles. The van der Waals surface area contributed by atoms with Crippen molar-refractivity contribution < 1.29 is 4.79 Å². The molecule has 0 aliphatic heterocycles. The van der Waals surface area contributed by atoms with Crippen LogP contribution in [0.25, 0.3) is 5.69 Å². The minimum Gasteiger partial charge on any atom is -0.274 e. The second kappa shape index (κ2) is 4.48. The fraction of sp³-hybridized carbons (Fsp3) is 0.250. The van der Waals surface area contributed by atoms with Crippen molar-refractivity contribution in [3.8, 4) is 5.69 Å².